The lowest BCUT2D eigenvalue weighted by Crippen LogP contribution is -2.60. The molecule has 118 valence electrons. The topological polar surface area (TPSA) is 20.2 Å². The van der Waals surface area contributed by atoms with Crippen LogP contribution in [-0.4, -0.2) is 11.7 Å². The molecule has 1 heteroatoms. The van der Waals surface area contributed by atoms with Crippen molar-refractivity contribution >= 4 is 0 Å². The van der Waals surface area contributed by atoms with Crippen LogP contribution in [0.15, 0.2) is 12.2 Å². The molecular weight excluding hydrogens is 256 g/mol. The van der Waals surface area contributed by atoms with Gasteiger partial charge in [-0.3, -0.25) is 0 Å². The second kappa shape index (κ2) is 4.37. The lowest BCUT2D eigenvalue weighted by molar-refractivity contribution is -0.178. The zero-order valence-electron chi connectivity index (χ0n) is 14.0. The fraction of sp³-hybridized carbons (Fsp3) is 0.900. The van der Waals surface area contributed by atoms with Crippen LogP contribution in [-0.2, 0) is 0 Å². The van der Waals surface area contributed by atoms with Gasteiger partial charge in [-0.1, -0.05) is 32.4 Å². The molecule has 1 N–H and O–H groups in total. The smallest absolute Gasteiger partial charge is 0.0487 e. The van der Waals surface area contributed by atoms with Gasteiger partial charge in [-0.15, -0.1) is 0 Å². The summed E-state index contributed by atoms with van der Waals surface area (Å²) in [4.78, 5) is 0. The van der Waals surface area contributed by atoms with Gasteiger partial charge in [0.2, 0.25) is 0 Å². The van der Waals surface area contributed by atoms with Gasteiger partial charge >= 0.3 is 0 Å². The largest absolute Gasteiger partial charge is 0.396 e. The van der Waals surface area contributed by atoms with Gasteiger partial charge in [-0.2, -0.15) is 0 Å². The normalized spacial score (nSPS) is 56.0. The Morgan fingerprint density at radius 2 is 1.86 bits per heavy atom. The molecule has 0 aromatic rings. The lowest BCUT2D eigenvalue weighted by Gasteiger charge is -2.68. The number of allylic oxidation sites excluding steroid dienone is 1. The summed E-state index contributed by atoms with van der Waals surface area (Å²) in [7, 11) is 0. The molecule has 0 radical (unpaired) electrons. The van der Waals surface area contributed by atoms with Crippen LogP contribution in [0.3, 0.4) is 0 Å². The maximum Gasteiger partial charge on any atom is 0.0487 e. The Bertz CT molecular complexity index is 468. The minimum absolute atomic E-state index is 0.183. The van der Waals surface area contributed by atoms with Crippen molar-refractivity contribution in [2.75, 3.05) is 6.61 Å². The van der Waals surface area contributed by atoms with E-state index in [1.165, 1.54) is 57.8 Å². The van der Waals surface area contributed by atoms with Crippen LogP contribution in [0, 0.1) is 34.0 Å². The Morgan fingerprint density at radius 1 is 1.10 bits per heavy atom. The molecular formula is C20H32O. The van der Waals surface area contributed by atoms with E-state index in [0.29, 0.717) is 17.4 Å². The zero-order chi connectivity index (χ0) is 14.9. The minimum Gasteiger partial charge on any atom is -0.396 e. The summed E-state index contributed by atoms with van der Waals surface area (Å²) in [6.45, 7) is 9.77. The van der Waals surface area contributed by atoms with E-state index in [2.05, 4.69) is 20.4 Å². The molecule has 6 atom stereocenters. The van der Waals surface area contributed by atoms with Crippen LogP contribution in [0.2, 0.25) is 0 Å². The highest BCUT2D eigenvalue weighted by molar-refractivity contribution is 5.21. The van der Waals surface area contributed by atoms with Gasteiger partial charge in [0.05, 0.1) is 0 Å². The van der Waals surface area contributed by atoms with E-state index < -0.39 is 0 Å². The van der Waals surface area contributed by atoms with Crippen molar-refractivity contribution in [2.45, 2.75) is 71.6 Å². The molecule has 0 amide bonds. The highest BCUT2D eigenvalue weighted by Gasteiger charge is 2.63. The molecule has 0 aliphatic heterocycles. The Labute approximate surface area is 130 Å². The second-order valence-corrected chi connectivity index (χ2v) is 9.48. The fourth-order valence-corrected chi connectivity index (χ4v) is 7.56. The molecule has 5 saturated carbocycles. The van der Waals surface area contributed by atoms with E-state index in [9.17, 15) is 5.11 Å². The van der Waals surface area contributed by atoms with E-state index in [-0.39, 0.29) is 5.41 Å². The van der Waals surface area contributed by atoms with Crippen molar-refractivity contribution in [3.63, 3.8) is 0 Å². The molecule has 2 bridgehead atoms. The summed E-state index contributed by atoms with van der Waals surface area (Å²) in [5.41, 5.74) is 2.82. The third kappa shape index (κ3) is 1.73. The van der Waals surface area contributed by atoms with Crippen molar-refractivity contribution in [2.24, 2.45) is 34.0 Å². The molecule has 0 heterocycles. The molecule has 5 aliphatic carbocycles. The van der Waals surface area contributed by atoms with Gasteiger partial charge in [0.15, 0.2) is 0 Å². The van der Waals surface area contributed by atoms with Gasteiger partial charge < -0.3 is 5.11 Å². The first-order valence-electron chi connectivity index (χ1n) is 9.22. The van der Waals surface area contributed by atoms with E-state index in [4.69, 9.17) is 0 Å². The first kappa shape index (κ1) is 14.3. The van der Waals surface area contributed by atoms with Gasteiger partial charge in [0, 0.05) is 6.61 Å². The summed E-state index contributed by atoms with van der Waals surface area (Å²) < 4.78 is 0. The third-order valence-electron chi connectivity index (χ3n) is 8.60. The van der Waals surface area contributed by atoms with Gasteiger partial charge in [0.25, 0.3) is 0 Å². The Morgan fingerprint density at radius 3 is 2.57 bits per heavy atom. The maximum absolute atomic E-state index is 10.1. The van der Waals surface area contributed by atoms with Crippen molar-refractivity contribution < 1.29 is 5.11 Å². The fourth-order valence-electron chi connectivity index (χ4n) is 7.56. The number of hydrogen-bond donors (Lipinski definition) is 1. The van der Waals surface area contributed by atoms with Crippen LogP contribution in [0.5, 0.6) is 0 Å². The van der Waals surface area contributed by atoms with Crippen LogP contribution < -0.4 is 0 Å². The molecule has 0 unspecified atom stereocenters. The number of fused-ring (bicyclic) bond motifs is 3. The van der Waals surface area contributed by atoms with Crippen LogP contribution in [0.25, 0.3) is 0 Å². The van der Waals surface area contributed by atoms with Crippen molar-refractivity contribution in [1.29, 1.82) is 0 Å². The SMILES string of the molecule is C=C1C[C@@]23CC[C@@H]1C[C@@H]2[C@@]1(C)CCC[C@@](C)(CO)[C@@H]1CC3. The highest BCUT2D eigenvalue weighted by atomic mass is 16.3. The van der Waals surface area contributed by atoms with E-state index >= 15 is 0 Å². The standard InChI is InChI=1S/C20H32O/c1-14-12-20-9-5-15(14)11-17(20)19(3)8-4-7-18(2,13-21)16(19)6-10-20/h15-17,21H,1,4-13H2,2-3H3/t15-,16+,17-,18+,19+,20+/m1/s1. The molecule has 5 fully saturated rings. The monoisotopic (exact) mass is 288 g/mol. The van der Waals surface area contributed by atoms with Gasteiger partial charge in [0.1, 0.15) is 0 Å². The summed E-state index contributed by atoms with van der Waals surface area (Å²) >= 11 is 0. The maximum atomic E-state index is 10.1. The van der Waals surface area contributed by atoms with E-state index in [0.717, 1.165) is 17.8 Å². The predicted octanol–water partition coefficient (Wildman–Crippen LogP) is 4.95. The van der Waals surface area contributed by atoms with Gasteiger partial charge in [-0.05, 0) is 85.4 Å². The van der Waals surface area contributed by atoms with Crippen LogP contribution >= 0.6 is 0 Å². The molecule has 1 nitrogen and oxygen atoms in total. The lowest BCUT2D eigenvalue weighted by atomic mass is 9.37. The average molecular weight is 288 g/mol. The molecule has 1 spiro atoms. The second-order valence-electron chi connectivity index (χ2n) is 9.48. The van der Waals surface area contributed by atoms with Crippen molar-refractivity contribution in [1.82, 2.24) is 0 Å². The van der Waals surface area contributed by atoms with Crippen molar-refractivity contribution in [3.05, 3.63) is 12.2 Å². The number of hydrogen-bond acceptors (Lipinski definition) is 1. The molecule has 0 aromatic heterocycles. The number of rotatable bonds is 1. The van der Waals surface area contributed by atoms with Crippen LogP contribution in [0.4, 0.5) is 0 Å². The van der Waals surface area contributed by atoms with Gasteiger partial charge in [-0.25, -0.2) is 0 Å². The summed E-state index contributed by atoms with van der Waals surface area (Å²) in [5.74, 6) is 2.46. The summed E-state index contributed by atoms with van der Waals surface area (Å²) in [6.07, 6.45) is 12.3. The summed E-state index contributed by atoms with van der Waals surface area (Å²) in [6, 6.07) is 0. The van der Waals surface area contributed by atoms with E-state index in [1.54, 1.807) is 5.57 Å². The molecule has 0 aromatic carbocycles. The number of aliphatic hydroxyl groups excluding tert-OH is 1. The summed E-state index contributed by atoms with van der Waals surface area (Å²) in [5, 5.41) is 10.1. The Hall–Kier alpha value is -0.300. The zero-order valence-corrected chi connectivity index (χ0v) is 14.0. The predicted molar refractivity (Wildman–Crippen MR) is 86.9 cm³/mol. The van der Waals surface area contributed by atoms with Crippen LogP contribution in [0.1, 0.15) is 71.6 Å². The number of aliphatic hydroxyl groups is 1. The quantitative estimate of drug-likeness (QED) is 0.677. The molecule has 5 aliphatic rings. The Kier molecular flexibility index (Phi) is 2.98. The third-order valence-corrected chi connectivity index (χ3v) is 8.60. The molecule has 0 saturated heterocycles. The minimum atomic E-state index is 0.183. The Balaban J connectivity index is 1.73. The molecule has 5 rings (SSSR count). The average Bonchev–Trinajstić information content (AvgIpc) is 2.46. The van der Waals surface area contributed by atoms with Crippen molar-refractivity contribution in [3.8, 4) is 0 Å². The molecule has 21 heavy (non-hydrogen) atoms. The highest BCUT2D eigenvalue weighted by Crippen LogP contribution is 2.71. The first-order valence-corrected chi connectivity index (χ1v) is 9.22. The first-order chi connectivity index (χ1) is 9.94. The van der Waals surface area contributed by atoms with E-state index in [1.807, 2.05) is 0 Å².